The highest BCUT2D eigenvalue weighted by atomic mass is 16.2. The summed E-state index contributed by atoms with van der Waals surface area (Å²) in [7, 11) is 0. The zero-order chi connectivity index (χ0) is 23.0. The van der Waals surface area contributed by atoms with Crippen LogP contribution in [0.1, 0.15) is 72.5 Å². The molecule has 1 unspecified atom stereocenters. The molecule has 3 amide bonds. The fourth-order valence-corrected chi connectivity index (χ4v) is 5.59. The normalized spacial score (nSPS) is 27.4. The fraction of sp³-hybridized carbons (Fsp3) is 0.444. The van der Waals surface area contributed by atoms with Gasteiger partial charge in [0.2, 0.25) is 11.8 Å². The van der Waals surface area contributed by atoms with Gasteiger partial charge < -0.3 is 10.2 Å². The van der Waals surface area contributed by atoms with E-state index in [1.165, 1.54) is 18.4 Å². The van der Waals surface area contributed by atoms with Crippen molar-refractivity contribution >= 4 is 17.7 Å². The topological polar surface area (TPSA) is 78.5 Å². The van der Waals surface area contributed by atoms with Gasteiger partial charge in [-0.05, 0) is 60.3 Å². The van der Waals surface area contributed by atoms with Gasteiger partial charge >= 0.3 is 0 Å². The van der Waals surface area contributed by atoms with E-state index in [1.807, 2.05) is 12.1 Å². The smallest absolute Gasteiger partial charge is 0.255 e. The molecule has 2 N–H and O–H groups in total. The van der Waals surface area contributed by atoms with Crippen LogP contribution in [0.3, 0.4) is 0 Å². The zero-order valence-corrected chi connectivity index (χ0v) is 19.1. The third kappa shape index (κ3) is 4.32. The van der Waals surface area contributed by atoms with Gasteiger partial charge in [-0.25, -0.2) is 0 Å². The minimum Gasteiger partial charge on any atom is -0.322 e. The van der Waals surface area contributed by atoms with E-state index in [4.69, 9.17) is 0 Å². The molecule has 6 heteroatoms. The number of carbonyl (C=O) groups is 3. The number of fused-ring (bicyclic) bond motifs is 1. The quantitative estimate of drug-likeness (QED) is 0.691. The van der Waals surface area contributed by atoms with Crippen molar-refractivity contribution in [3.8, 4) is 0 Å². The lowest BCUT2D eigenvalue weighted by atomic mass is 9.69. The number of hydrogen-bond acceptors (Lipinski definition) is 4. The number of amides is 3. The van der Waals surface area contributed by atoms with Crippen LogP contribution >= 0.6 is 0 Å². The van der Waals surface area contributed by atoms with Crippen molar-refractivity contribution in [1.82, 2.24) is 15.5 Å². The van der Waals surface area contributed by atoms with Crippen molar-refractivity contribution in [3.05, 3.63) is 70.8 Å². The van der Waals surface area contributed by atoms with E-state index in [2.05, 4.69) is 54.0 Å². The molecular weight excluding hydrogens is 414 g/mol. The summed E-state index contributed by atoms with van der Waals surface area (Å²) >= 11 is 0. The van der Waals surface area contributed by atoms with Crippen LogP contribution in [0.5, 0.6) is 0 Å². The number of hydrogen-bond donors (Lipinski definition) is 2. The maximum atomic E-state index is 12.9. The van der Waals surface area contributed by atoms with Gasteiger partial charge in [0.05, 0.1) is 0 Å². The molecule has 33 heavy (non-hydrogen) atoms. The Morgan fingerprint density at radius 2 is 1.79 bits per heavy atom. The van der Waals surface area contributed by atoms with Gasteiger partial charge in [0.15, 0.2) is 0 Å². The van der Waals surface area contributed by atoms with Crippen LogP contribution in [0, 0.1) is 0 Å². The molecule has 2 aliphatic heterocycles. The Morgan fingerprint density at radius 1 is 1.03 bits per heavy atom. The lowest BCUT2D eigenvalue weighted by Crippen LogP contribution is -2.52. The molecule has 2 heterocycles. The minimum atomic E-state index is -0.565. The van der Waals surface area contributed by atoms with E-state index < -0.39 is 6.04 Å². The average Bonchev–Trinajstić information content (AvgIpc) is 3.15. The van der Waals surface area contributed by atoms with Gasteiger partial charge in [0.1, 0.15) is 6.04 Å². The van der Waals surface area contributed by atoms with Gasteiger partial charge in [-0.3, -0.25) is 19.7 Å². The summed E-state index contributed by atoms with van der Waals surface area (Å²) in [5, 5.41) is 6.07. The number of benzene rings is 2. The SMILES string of the molecule is CC1(c2ccccc2)CCC(NCc2ccc3c(c2)CN(C2CCC(=O)NC2=O)C3=O)CC1. The number of carbonyl (C=O) groups excluding carboxylic acids is 3. The van der Waals surface area contributed by atoms with Crippen molar-refractivity contribution in [3.63, 3.8) is 0 Å². The second-order valence-corrected chi connectivity index (χ2v) is 9.97. The van der Waals surface area contributed by atoms with E-state index in [9.17, 15) is 14.4 Å². The first-order valence-electron chi connectivity index (χ1n) is 12.0. The Kier molecular flexibility index (Phi) is 5.79. The molecule has 172 valence electrons. The highest BCUT2D eigenvalue weighted by Crippen LogP contribution is 2.39. The van der Waals surface area contributed by atoms with Crippen molar-refractivity contribution < 1.29 is 14.4 Å². The molecule has 0 bridgehead atoms. The molecule has 0 aromatic heterocycles. The molecule has 1 saturated heterocycles. The summed E-state index contributed by atoms with van der Waals surface area (Å²) in [6, 6.07) is 16.7. The predicted octanol–water partition coefficient (Wildman–Crippen LogP) is 3.44. The first-order valence-corrected chi connectivity index (χ1v) is 12.0. The molecule has 0 spiro atoms. The maximum absolute atomic E-state index is 12.9. The Balaban J connectivity index is 1.18. The van der Waals surface area contributed by atoms with Gasteiger partial charge in [0, 0.05) is 31.1 Å². The van der Waals surface area contributed by atoms with Crippen molar-refractivity contribution in [2.24, 2.45) is 0 Å². The van der Waals surface area contributed by atoms with Gasteiger partial charge in [-0.2, -0.15) is 0 Å². The second-order valence-electron chi connectivity index (χ2n) is 9.97. The maximum Gasteiger partial charge on any atom is 0.255 e. The molecule has 1 saturated carbocycles. The summed E-state index contributed by atoms with van der Waals surface area (Å²) in [6.45, 7) is 3.57. The summed E-state index contributed by atoms with van der Waals surface area (Å²) < 4.78 is 0. The summed E-state index contributed by atoms with van der Waals surface area (Å²) in [5.74, 6) is -0.749. The molecule has 1 atom stereocenters. The molecule has 2 aromatic carbocycles. The predicted molar refractivity (Wildman–Crippen MR) is 125 cm³/mol. The van der Waals surface area contributed by atoms with E-state index in [0.717, 1.165) is 30.5 Å². The third-order valence-corrected chi connectivity index (χ3v) is 7.74. The molecular formula is C27H31N3O3. The summed E-state index contributed by atoms with van der Waals surface area (Å²) in [4.78, 5) is 38.1. The van der Waals surface area contributed by atoms with Crippen molar-refractivity contribution in [2.75, 3.05) is 0 Å². The highest BCUT2D eigenvalue weighted by molar-refractivity contribution is 6.05. The molecule has 1 aliphatic carbocycles. The molecule has 6 nitrogen and oxygen atoms in total. The number of imide groups is 1. The molecule has 3 aliphatic rings. The Bertz CT molecular complexity index is 1070. The monoisotopic (exact) mass is 445 g/mol. The highest BCUT2D eigenvalue weighted by Gasteiger charge is 2.39. The van der Waals surface area contributed by atoms with Crippen LogP contribution < -0.4 is 10.6 Å². The van der Waals surface area contributed by atoms with Crippen LogP contribution in [-0.4, -0.2) is 34.7 Å². The molecule has 2 aromatic rings. The van der Waals surface area contributed by atoms with Crippen LogP contribution in [0.15, 0.2) is 48.5 Å². The van der Waals surface area contributed by atoms with E-state index in [1.54, 1.807) is 4.90 Å². The number of nitrogens with zero attached hydrogens (tertiary/aromatic N) is 1. The fourth-order valence-electron chi connectivity index (χ4n) is 5.59. The van der Waals surface area contributed by atoms with Gasteiger partial charge in [0.25, 0.3) is 5.91 Å². The minimum absolute atomic E-state index is 0.119. The molecule has 5 rings (SSSR count). The van der Waals surface area contributed by atoms with Crippen molar-refractivity contribution in [2.45, 2.75) is 76.0 Å². The lowest BCUT2D eigenvalue weighted by molar-refractivity contribution is -0.136. The number of piperidine rings is 1. The number of rotatable bonds is 5. The Hall–Kier alpha value is -2.99. The van der Waals surface area contributed by atoms with Crippen LogP contribution in [0.2, 0.25) is 0 Å². The van der Waals surface area contributed by atoms with E-state index in [0.29, 0.717) is 24.6 Å². The van der Waals surface area contributed by atoms with Crippen LogP contribution in [-0.2, 0) is 28.1 Å². The molecule has 0 radical (unpaired) electrons. The summed E-state index contributed by atoms with van der Waals surface area (Å²) in [5.41, 5.74) is 4.48. The Morgan fingerprint density at radius 3 is 2.52 bits per heavy atom. The zero-order valence-electron chi connectivity index (χ0n) is 19.1. The Labute approximate surface area is 194 Å². The van der Waals surface area contributed by atoms with Crippen LogP contribution in [0.4, 0.5) is 0 Å². The first kappa shape index (κ1) is 21.8. The van der Waals surface area contributed by atoms with Gasteiger partial charge in [-0.1, -0.05) is 49.4 Å². The van der Waals surface area contributed by atoms with E-state index in [-0.39, 0.29) is 29.6 Å². The summed E-state index contributed by atoms with van der Waals surface area (Å²) in [6.07, 6.45) is 5.32. The van der Waals surface area contributed by atoms with Gasteiger partial charge in [-0.15, -0.1) is 0 Å². The van der Waals surface area contributed by atoms with E-state index >= 15 is 0 Å². The van der Waals surface area contributed by atoms with Crippen LogP contribution in [0.25, 0.3) is 0 Å². The second kappa shape index (κ2) is 8.75. The molecule has 2 fully saturated rings. The lowest BCUT2D eigenvalue weighted by Gasteiger charge is -2.38. The first-order chi connectivity index (χ1) is 15.9. The standard InChI is InChI=1S/C27H31N3O3/c1-27(20-5-3-2-4-6-20)13-11-21(12-14-27)28-16-18-7-8-22-19(15-18)17-30(26(22)33)23-9-10-24(31)29-25(23)32/h2-8,15,21,23,28H,9-14,16-17H2,1H3,(H,29,31,32). The number of nitrogens with one attached hydrogen (secondary N) is 2. The average molecular weight is 446 g/mol. The largest absolute Gasteiger partial charge is 0.322 e. The third-order valence-electron chi connectivity index (χ3n) is 7.74. The van der Waals surface area contributed by atoms with Crippen molar-refractivity contribution in [1.29, 1.82) is 0 Å².